The van der Waals surface area contributed by atoms with Crippen LogP contribution >= 0.6 is 23.6 Å². The van der Waals surface area contributed by atoms with Crippen molar-refractivity contribution in [1.82, 2.24) is 4.57 Å². The molecule has 1 aliphatic heterocycles. The van der Waals surface area contributed by atoms with Crippen LogP contribution in [0.25, 0.3) is 17.3 Å². The minimum atomic E-state index is -0.332. The second-order valence-electron chi connectivity index (χ2n) is 5.24. The summed E-state index contributed by atoms with van der Waals surface area (Å²) >= 11 is 6.66. The largest absolute Gasteiger partial charge is 0.493 e. The first kappa shape index (κ1) is 15.0. The van der Waals surface area contributed by atoms with Crippen molar-refractivity contribution in [2.24, 2.45) is 4.99 Å². The van der Waals surface area contributed by atoms with Gasteiger partial charge in [-0.2, -0.15) is 0 Å². The third kappa shape index (κ3) is 2.50. The molecule has 0 fully saturated rings. The minimum Gasteiger partial charge on any atom is -0.493 e. The molecule has 24 heavy (non-hydrogen) atoms. The number of benzene rings is 2. The lowest BCUT2D eigenvalue weighted by Gasteiger charge is -2.04. The van der Waals surface area contributed by atoms with E-state index < -0.39 is 0 Å². The van der Waals surface area contributed by atoms with E-state index in [0.29, 0.717) is 14.5 Å². The van der Waals surface area contributed by atoms with Crippen LogP contribution in [0.1, 0.15) is 10.4 Å². The molecule has 0 bridgehead atoms. The fraction of sp³-hybridized carbons (Fsp3) is 0. The molecule has 1 N–H and O–H groups in total. The Morgan fingerprint density at radius 2 is 1.88 bits per heavy atom. The number of aromatic nitrogens is 1. The zero-order valence-electron chi connectivity index (χ0n) is 12.3. The first-order chi connectivity index (χ1) is 11.6. The van der Waals surface area contributed by atoms with Crippen LogP contribution < -0.4 is 0 Å². The number of aliphatic imine (C=N–C) groups is 1. The lowest BCUT2D eigenvalue weighted by atomic mass is 10.1. The molecule has 3 aromatic rings. The maximum atomic E-state index is 13.1. The summed E-state index contributed by atoms with van der Waals surface area (Å²) in [5.41, 5.74) is 3.47. The number of allylic oxidation sites excluding steroid dienone is 1. The van der Waals surface area contributed by atoms with E-state index in [0.717, 1.165) is 16.8 Å². The van der Waals surface area contributed by atoms with Crippen LogP contribution in [0.5, 0.6) is 5.88 Å². The Hall–Kier alpha value is -2.57. The number of hydrogen-bond donors (Lipinski definition) is 1. The highest BCUT2D eigenvalue weighted by molar-refractivity contribution is 7.73. The third-order valence-electron chi connectivity index (χ3n) is 3.74. The lowest BCUT2D eigenvalue weighted by molar-refractivity contribution is 0.441. The second kappa shape index (κ2) is 5.81. The van der Waals surface area contributed by atoms with E-state index >= 15 is 0 Å². The molecule has 0 saturated heterocycles. The molecule has 4 rings (SSSR count). The van der Waals surface area contributed by atoms with Crippen LogP contribution in [0.3, 0.4) is 0 Å². The van der Waals surface area contributed by atoms with Crippen molar-refractivity contribution in [2.45, 2.75) is 0 Å². The molecule has 1 aromatic heterocycles. The highest BCUT2D eigenvalue weighted by Gasteiger charge is 2.16. The average molecular weight is 354 g/mol. The number of halogens is 1. The zero-order chi connectivity index (χ0) is 16.7. The molecule has 0 unspecified atom stereocenters. The molecular weight excluding hydrogens is 343 g/mol. The van der Waals surface area contributed by atoms with Crippen LogP contribution in [-0.2, 0) is 0 Å². The number of thiazole rings is 1. The van der Waals surface area contributed by atoms with Crippen molar-refractivity contribution in [3.63, 3.8) is 0 Å². The van der Waals surface area contributed by atoms with Crippen LogP contribution in [0.4, 0.5) is 10.1 Å². The van der Waals surface area contributed by atoms with Crippen LogP contribution in [0, 0.1) is 9.77 Å². The maximum absolute atomic E-state index is 13.1. The van der Waals surface area contributed by atoms with E-state index in [9.17, 15) is 9.50 Å². The predicted octanol–water partition coefficient (Wildman–Crippen LogP) is 5.37. The van der Waals surface area contributed by atoms with Crippen molar-refractivity contribution >= 4 is 47.1 Å². The number of aromatic hydroxyl groups is 1. The molecule has 0 radical (unpaired) electrons. The van der Waals surface area contributed by atoms with E-state index in [1.54, 1.807) is 18.3 Å². The first-order valence-corrected chi connectivity index (χ1v) is 8.42. The molecule has 2 heterocycles. The molecule has 0 amide bonds. The molecule has 118 valence electrons. The van der Waals surface area contributed by atoms with Gasteiger partial charge in [0.1, 0.15) is 5.82 Å². The Labute approximate surface area is 146 Å². The highest BCUT2D eigenvalue weighted by Crippen LogP contribution is 2.36. The Balaban J connectivity index is 1.81. The Kier molecular flexibility index (Phi) is 3.63. The van der Waals surface area contributed by atoms with E-state index in [-0.39, 0.29) is 11.7 Å². The normalized spacial score (nSPS) is 14.3. The maximum Gasteiger partial charge on any atom is 0.215 e. The smallest absolute Gasteiger partial charge is 0.215 e. The van der Waals surface area contributed by atoms with E-state index in [1.807, 2.05) is 30.3 Å². The predicted molar refractivity (Wildman–Crippen MR) is 98.6 cm³/mol. The second-order valence-corrected chi connectivity index (χ2v) is 6.92. The summed E-state index contributed by atoms with van der Waals surface area (Å²) in [5.74, 6) is -0.289. The summed E-state index contributed by atoms with van der Waals surface area (Å²) in [7, 11) is 0. The lowest BCUT2D eigenvalue weighted by Crippen LogP contribution is -1.93. The molecule has 2 aromatic carbocycles. The summed E-state index contributed by atoms with van der Waals surface area (Å²) in [5, 5.41) is 10.6. The van der Waals surface area contributed by atoms with Gasteiger partial charge in [-0.25, -0.2) is 4.39 Å². The quantitative estimate of drug-likeness (QED) is 0.628. The van der Waals surface area contributed by atoms with Gasteiger partial charge in [0.05, 0.1) is 16.3 Å². The molecule has 0 saturated carbocycles. The number of fused-ring (bicyclic) bond motifs is 1. The van der Waals surface area contributed by atoms with Gasteiger partial charge in [0.25, 0.3) is 0 Å². The van der Waals surface area contributed by atoms with Gasteiger partial charge in [-0.3, -0.25) is 9.56 Å². The molecule has 1 aliphatic rings. The van der Waals surface area contributed by atoms with E-state index in [2.05, 4.69) is 4.99 Å². The van der Waals surface area contributed by atoms with Gasteiger partial charge in [-0.05, 0) is 48.6 Å². The Morgan fingerprint density at radius 1 is 1.12 bits per heavy atom. The average Bonchev–Trinajstić information content (AvgIpc) is 3.11. The number of para-hydroxylation sites is 1. The first-order valence-electron chi connectivity index (χ1n) is 7.19. The van der Waals surface area contributed by atoms with Crippen molar-refractivity contribution in [1.29, 1.82) is 0 Å². The van der Waals surface area contributed by atoms with Gasteiger partial charge < -0.3 is 5.11 Å². The highest BCUT2D eigenvalue weighted by atomic mass is 32.1. The molecule has 0 atom stereocenters. The fourth-order valence-electron chi connectivity index (χ4n) is 2.59. The van der Waals surface area contributed by atoms with E-state index in [4.69, 9.17) is 12.2 Å². The van der Waals surface area contributed by atoms with Crippen LogP contribution in [0.2, 0.25) is 0 Å². The summed E-state index contributed by atoms with van der Waals surface area (Å²) in [6, 6.07) is 13.7. The SMILES string of the molecule is Oc1c(/C=C2/C=Nc3ccccc32)sc(=S)n1-c1ccc(F)cc1. The Morgan fingerprint density at radius 3 is 2.67 bits per heavy atom. The summed E-state index contributed by atoms with van der Waals surface area (Å²) in [6.45, 7) is 0. The van der Waals surface area contributed by atoms with Gasteiger partial charge >= 0.3 is 0 Å². The molecule has 6 heteroatoms. The van der Waals surface area contributed by atoms with Gasteiger partial charge in [0.2, 0.25) is 5.88 Å². The molecule has 0 aliphatic carbocycles. The minimum absolute atomic E-state index is 0.0434. The molecule has 0 spiro atoms. The van der Waals surface area contributed by atoms with Crippen LogP contribution in [0.15, 0.2) is 53.5 Å². The number of hydrogen-bond acceptors (Lipinski definition) is 4. The number of nitrogens with zero attached hydrogens (tertiary/aromatic N) is 2. The molecular formula is C18H11FN2OS2. The van der Waals surface area contributed by atoms with Gasteiger partial charge in [-0.1, -0.05) is 18.2 Å². The summed E-state index contributed by atoms with van der Waals surface area (Å²) in [6.07, 6.45) is 3.64. The number of rotatable bonds is 2. The summed E-state index contributed by atoms with van der Waals surface area (Å²) < 4.78 is 15.1. The molecule has 3 nitrogen and oxygen atoms in total. The monoisotopic (exact) mass is 354 g/mol. The van der Waals surface area contributed by atoms with Gasteiger partial charge in [0, 0.05) is 17.4 Å². The third-order valence-corrected chi connectivity index (χ3v) is 5.05. The standard InChI is InChI=1S/C18H11FN2OS2/c19-12-5-7-13(8-6-12)21-17(22)16(24-18(21)23)9-11-10-20-15-4-2-1-3-14(11)15/h1-10,22H/b11-9-. The summed E-state index contributed by atoms with van der Waals surface area (Å²) in [4.78, 5) is 5.00. The van der Waals surface area contributed by atoms with Gasteiger partial charge in [-0.15, -0.1) is 11.3 Å². The van der Waals surface area contributed by atoms with Crippen molar-refractivity contribution < 1.29 is 9.50 Å². The Bertz CT molecular complexity index is 1050. The fourth-order valence-corrected chi connectivity index (χ4v) is 3.89. The topological polar surface area (TPSA) is 37.5 Å². The van der Waals surface area contributed by atoms with Crippen molar-refractivity contribution in [3.8, 4) is 11.6 Å². The van der Waals surface area contributed by atoms with Gasteiger partial charge in [0.15, 0.2) is 3.95 Å². The van der Waals surface area contributed by atoms with Crippen molar-refractivity contribution in [3.05, 3.63) is 68.7 Å². The zero-order valence-corrected chi connectivity index (χ0v) is 13.9. The van der Waals surface area contributed by atoms with Crippen LogP contribution in [-0.4, -0.2) is 15.9 Å². The van der Waals surface area contributed by atoms with Crippen molar-refractivity contribution in [2.75, 3.05) is 0 Å². The van der Waals surface area contributed by atoms with E-state index in [1.165, 1.54) is 28.0 Å².